The van der Waals surface area contributed by atoms with Crippen molar-refractivity contribution in [3.63, 3.8) is 0 Å². The van der Waals surface area contributed by atoms with E-state index in [1.54, 1.807) is 6.08 Å². The fraction of sp³-hybridized carbons (Fsp3) is 0.611. The second kappa shape index (κ2) is 15.7. The van der Waals surface area contributed by atoms with Gasteiger partial charge in [0.25, 0.3) is 0 Å². The van der Waals surface area contributed by atoms with Crippen LogP contribution in [0.4, 0.5) is 0 Å². The van der Waals surface area contributed by atoms with Gasteiger partial charge in [0.2, 0.25) is 0 Å². The van der Waals surface area contributed by atoms with Gasteiger partial charge in [-0.05, 0) is 18.9 Å². The first-order valence-corrected chi connectivity index (χ1v) is 7.93. The predicted molar refractivity (Wildman–Crippen MR) is 86.4 cm³/mol. The van der Waals surface area contributed by atoms with E-state index >= 15 is 0 Å². The van der Waals surface area contributed by atoms with Crippen molar-refractivity contribution in [2.75, 3.05) is 0 Å². The molecule has 0 N–H and O–H groups in total. The van der Waals surface area contributed by atoms with Crippen molar-refractivity contribution < 1.29 is 9.53 Å². The SMILES string of the molecule is CCCCCCCCCCC=CC=CC=COC(C)=O. The van der Waals surface area contributed by atoms with Gasteiger partial charge in [-0.15, -0.1) is 0 Å². The maximum atomic E-state index is 10.5. The molecule has 0 heterocycles. The zero-order valence-corrected chi connectivity index (χ0v) is 13.1. The lowest BCUT2D eigenvalue weighted by Crippen LogP contribution is -1.88. The van der Waals surface area contributed by atoms with E-state index in [1.165, 1.54) is 64.6 Å². The van der Waals surface area contributed by atoms with Crippen molar-refractivity contribution in [3.8, 4) is 0 Å². The number of hydrogen-bond acceptors (Lipinski definition) is 2. The van der Waals surface area contributed by atoms with Crippen LogP contribution in [0, 0.1) is 0 Å². The Morgan fingerprint density at radius 2 is 1.45 bits per heavy atom. The highest BCUT2D eigenvalue weighted by Gasteiger charge is 1.89. The minimum absolute atomic E-state index is 0.292. The molecule has 0 spiro atoms. The minimum atomic E-state index is -0.292. The first kappa shape index (κ1) is 18.7. The molecule has 0 fully saturated rings. The summed E-state index contributed by atoms with van der Waals surface area (Å²) in [5.41, 5.74) is 0. The topological polar surface area (TPSA) is 26.3 Å². The standard InChI is InChI=1S/C18H30O2/c1-3-4-5-6-7-8-9-10-11-12-13-14-15-16-17-20-18(2)19/h12-17H,3-11H2,1-2H3. The molecular weight excluding hydrogens is 248 g/mol. The molecule has 0 aliphatic carbocycles. The van der Waals surface area contributed by atoms with Crippen LogP contribution in [0.25, 0.3) is 0 Å². The normalized spacial score (nSPS) is 11.9. The summed E-state index contributed by atoms with van der Waals surface area (Å²) >= 11 is 0. The van der Waals surface area contributed by atoms with Crippen molar-refractivity contribution in [3.05, 3.63) is 36.6 Å². The van der Waals surface area contributed by atoms with Crippen molar-refractivity contribution in [2.45, 2.75) is 71.6 Å². The fourth-order valence-electron chi connectivity index (χ4n) is 1.88. The second-order valence-corrected chi connectivity index (χ2v) is 5.01. The van der Waals surface area contributed by atoms with Crippen LogP contribution in [0.2, 0.25) is 0 Å². The predicted octanol–water partition coefficient (Wildman–Crippen LogP) is 5.71. The highest BCUT2D eigenvalue weighted by molar-refractivity contribution is 5.66. The van der Waals surface area contributed by atoms with Gasteiger partial charge in [0.05, 0.1) is 6.26 Å². The molecule has 0 atom stereocenters. The molecule has 0 aliphatic heterocycles. The van der Waals surface area contributed by atoms with Crippen LogP contribution in [0.3, 0.4) is 0 Å². The molecule has 0 amide bonds. The third-order valence-electron chi connectivity index (χ3n) is 3.01. The summed E-state index contributed by atoms with van der Waals surface area (Å²) in [4.78, 5) is 10.5. The van der Waals surface area contributed by atoms with Crippen molar-refractivity contribution in [1.82, 2.24) is 0 Å². The van der Waals surface area contributed by atoms with Crippen LogP contribution in [0.15, 0.2) is 36.6 Å². The quantitative estimate of drug-likeness (QED) is 0.198. The summed E-state index contributed by atoms with van der Waals surface area (Å²) in [5.74, 6) is -0.292. The smallest absolute Gasteiger partial charge is 0.307 e. The summed E-state index contributed by atoms with van der Waals surface area (Å²) in [6.07, 6.45) is 23.2. The van der Waals surface area contributed by atoms with E-state index in [4.69, 9.17) is 0 Å². The molecule has 114 valence electrons. The number of unbranched alkanes of at least 4 members (excludes halogenated alkanes) is 8. The Morgan fingerprint density at radius 1 is 0.850 bits per heavy atom. The van der Waals surface area contributed by atoms with Crippen LogP contribution >= 0.6 is 0 Å². The molecule has 0 radical (unpaired) electrons. The van der Waals surface area contributed by atoms with Crippen LogP contribution in [-0.4, -0.2) is 5.97 Å². The van der Waals surface area contributed by atoms with Crippen LogP contribution in [0.1, 0.15) is 71.6 Å². The van der Waals surface area contributed by atoms with Gasteiger partial charge >= 0.3 is 5.97 Å². The zero-order chi connectivity index (χ0) is 14.9. The summed E-state index contributed by atoms with van der Waals surface area (Å²) in [7, 11) is 0. The summed E-state index contributed by atoms with van der Waals surface area (Å²) in [6.45, 7) is 3.64. The molecule has 0 aliphatic rings. The number of carbonyl (C=O) groups is 1. The molecule has 2 heteroatoms. The lowest BCUT2D eigenvalue weighted by atomic mass is 10.1. The fourth-order valence-corrected chi connectivity index (χ4v) is 1.88. The van der Waals surface area contributed by atoms with E-state index in [0.717, 1.165) is 6.42 Å². The van der Waals surface area contributed by atoms with Gasteiger partial charge < -0.3 is 4.74 Å². The maximum absolute atomic E-state index is 10.5. The number of carbonyl (C=O) groups excluding carboxylic acids is 1. The molecule has 0 bridgehead atoms. The minimum Gasteiger partial charge on any atom is -0.435 e. The number of ether oxygens (including phenoxy) is 1. The van der Waals surface area contributed by atoms with E-state index in [2.05, 4.69) is 17.7 Å². The molecule has 0 saturated carbocycles. The zero-order valence-electron chi connectivity index (χ0n) is 13.1. The molecule has 0 unspecified atom stereocenters. The van der Waals surface area contributed by atoms with Crippen molar-refractivity contribution >= 4 is 5.97 Å². The Labute approximate surface area is 124 Å². The third-order valence-corrected chi connectivity index (χ3v) is 3.01. The molecule has 0 rings (SSSR count). The third kappa shape index (κ3) is 16.7. The van der Waals surface area contributed by atoms with E-state index in [0.29, 0.717) is 0 Å². The van der Waals surface area contributed by atoms with Gasteiger partial charge in [0.15, 0.2) is 0 Å². The Morgan fingerprint density at radius 3 is 2.10 bits per heavy atom. The Hall–Kier alpha value is -1.31. The molecule has 0 aromatic carbocycles. The summed E-state index contributed by atoms with van der Waals surface area (Å²) in [5, 5.41) is 0. The van der Waals surface area contributed by atoms with Crippen LogP contribution < -0.4 is 0 Å². The molecule has 0 aromatic heterocycles. The van der Waals surface area contributed by atoms with Gasteiger partial charge in [-0.25, -0.2) is 0 Å². The number of esters is 1. The van der Waals surface area contributed by atoms with Crippen molar-refractivity contribution in [2.24, 2.45) is 0 Å². The molecule has 0 aromatic rings. The van der Waals surface area contributed by atoms with E-state index in [1.807, 2.05) is 18.2 Å². The van der Waals surface area contributed by atoms with Gasteiger partial charge in [0.1, 0.15) is 0 Å². The lowest BCUT2D eigenvalue weighted by molar-refractivity contribution is -0.135. The van der Waals surface area contributed by atoms with Crippen molar-refractivity contribution in [1.29, 1.82) is 0 Å². The summed E-state index contributed by atoms with van der Waals surface area (Å²) < 4.78 is 4.65. The van der Waals surface area contributed by atoms with Crippen LogP contribution in [-0.2, 0) is 9.53 Å². The van der Waals surface area contributed by atoms with Gasteiger partial charge in [-0.3, -0.25) is 4.79 Å². The average Bonchev–Trinajstić information content (AvgIpc) is 2.43. The number of rotatable bonds is 12. The second-order valence-electron chi connectivity index (χ2n) is 5.01. The van der Waals surface area contributed by atoms with Gasteiger partial charge in [-0.1, -0.05) is 76.2 Å². The van der Waals surface area contributed by atoms with Gasteiger partial charge in [-0.2, -0.15) is 0 Å². The highest BCUT2D eigenvalue weighted by Crippen LogP contribution is 2.09. The Bertz CT molecular complexity index is 301. The Balaban J connectivity index is 3.29. The maximum Gasteiger partial charge on any atom is 0.307 e. The van der Waals surface area contributed by atoms with E-state index < -0.39 is 0 Å². The first-order chi connectivity index (χ1) is 9.77. The average molecular weight is 278 g/mol. The summed E-state index contributed by atoms with van der Waals surface area (Å²) in [6, 6.07) is 0. The largest absolute Gasteiger partial charge is 0.435 e. The monoisotopic (exact) mass is 278 g/mol. The van der Waals surface area contributed by atoms with E-state index in [-0.39, 0.29) is 5.97 Å². The number of allylic oxidation sites excluding steroid dienone is 5. The number of hydrogen-bond donors (Lipinski definition) is 0. The molecule has 2 nitrogen and oxygen atoms in total. The molecule has 0 saturated heterocycles. The van der Waals surface area contributed by atoms with Gasteiger partial charge in [0, 0.05) is 6.92 Å². The first-order valence-electron chi connectivity index (χ1n) is 7.93. The lowest BCUT2D eigenvalue weighted by Gasteiger charge is -1.99. The molecule has 20 heavy (non-hydrogen) atoms. The Kier molecular flexibility index (Phi) is 14.7. The van der Waals surface area contributed by atoms with Crippen LogP contribution in [0.5, 0.6) is 0 Å². The highest BCUT2D eigenvalue weighted by atomic mass is 16.5. The molecular formula is C18H30O2. The van der Waals surface area contributed by atoms with E-state index in [9.17, 15) is 4.79 Å².